The Kier molecular flexibility index (Phi) is 24.7. The van der Waals surface area contributed by atoms with Crippen LogP contribution in [0.4, 0.5) is 0 Å². The van der Waals surface area contributed by atoms with Crippen LogP contribution in [0.15, 0.2) is 72.8 Å². The van der Waals surface area contributed by atoms with Crippen molar-refractivity contribution in [2.75, 3.05) is 0 Å². The second-order valence-corrected chi connectivity index (χ2v) is 17.6. The molecule has 0 amide bonds. The van der Waals surface area contributed by atoms with Crippen molar-refractivity contribution < 1.29 is 0 Å². The minimum Gasteiger partial charge on any atom is -0.0654 e. The first-order valence-corrected chi connectivity index (χ1v) is 23.8. The summed E-state index contributed by atoms with van der Waals surface area (Å²) in [5.41, 5.74) is 8.97. The highest BCUT2D eigenvalue weighted by molar-refractivity contribution is 5.40. The standard InChI is InChI=1S/C54H86/c1-7-11-13-15-17-19-21-23-25-27-29-47-31-35-49(36-32-47)53(43-45(5)9-3)51-39-41-52(42-40-51)54(44-46(6)10-4)50-37-33-48(34-38-50)30-28-26-24-22-20-18-16-14-12-8-2/h31-42,45-46,53-54H,7-30,43-44H2,1-6H3. The monoisotopic (exact) mass is 735 g/mol. The summed E-state index contributed by atoms with van der Waals surface area (Å²) in [6.07, 6.45) is 35.4. The molecule has 0 saturated carbocycles. The zero-order valence-electron chi connectivity index (χ0n) is 36.6. The fourth-order valence-corrected chi connectivity index (χ4v) is 8.49. The molecule has 0 aliphatic heterocycles. The van der Waals surface area contributed by atoms with Crippen LogP contribution in [0.1, 0.15) is 241 Å². The molecule has 0 aliphatic rings. The SMILES string of the molecule is CCCCCCCCCCCCc1ccc(C(CC(C)CC)c2ccc(C(CC(C)CC)c3ccc(CCCCCCCCCCCC)cc3)cc2)cc1. The molecule has 3 rings (SSSR count). The van der Waals surface area contributed by atoms with Crippen molar-refractivity contribution in [3.05, 3.63) is 106 Å². The molecule has 0 heterocycles. The van der Waals surface area contributed by atoms with Gasteiger partial charge in [-0.05, 0) is 83.7 Å². The van der Waals surface area contributed by atoms with Crippen LogP contribution < -0.4 is 0 Å². The second-order valence-electron chi connectivity index (χ2n) is 17.6. The molecule has 0 heteroatoms. The number of hydrogen-bond acceptors (Lipinski definition) is 0. The van der Waals surface area contributed by atoms with E-state index in [0.29, 0.717) is 23.7 Å². The number of benzene rings is 3. The molecular formula is C54H86. The molecule has 0 N–H and O–H groups in total. The van der Waals surface area contributed by atoms with Gasteiger partial charge < -0.3 is 0 Å². The first-order chi connectivity index (χ1) is 26.5. The molecule has 3 aromatic rings. The summed E-state index contributed by atoms with van der Waals surface area (Å²) in [6.45, 7) is 14.2. The van der Waals surface area contributed by atoms with Gasteiger partial charge in [-0.1, -0.05) is 243 Å². The van der Waals surface area contributed by atoms with Crippen LogP contribution >= 0.6 is 0 Å². The highest BCUT2D eigenvalue weighted by Crippen LogP contribution is 2.36. The van der Waals surface area contributed by atoms with Crippen LogP contribution in [0.25, 0.3) is 0 Å². The van der Waals surface area contributed by atoms with Gasteiger partial charge in [0.15, 0.2) is 0 Å². The molecule has 0 radical (unpaired) electrons. The molecule has 4 unspecified atom stereocenters. The predicted molar refractivity (Wildman–Crippen MR) is 242 cm³/mol. The van der Waals surface area contributed by atoms with Crippen molar-refractivity contribution in [2.45, 2.75) is 220 Å². The molecule has 0 bridgehead atoms. The van der Waals surface area contributed by atoms with Gasteiger partial charge in [0, 0.05) is 11.8 Å². The minimum atomic E-state index is 0.457. The Hall–Kier alpha value is -2.34. The van der Waals surface area contributed by atoms with Gasteiger partial charge in [0.2, 0.25) is 0 Å². The Morgan fingerprint density at radius 3 is 0.815 bits per heavy atom. The topological polar surface area (TPSA) is 0 Å². The maximum atomic E-state index is 2.48. The molecule has 302 valence electrons. The highest BCUT2D eigenvalue weighted by atomic mass is 14.2. The smallest absolute Gasteiger partial charge is 0.00918 e. The Bertz CT molecular complexity index is 1180. The number of hydrogen-bond donors (Lipinski definition) is 0. The molecule has 0 aromatic heterocycles. The lowest BCUT2D eigenvalue weighted by Crippen LogP contribution is -2.09. The summed E-state index contributed by atoms with van der Waals surface area (Å²) in [7, 11) is 0. The Morgan fingerprint density at radius 1 is 0.315 bits per heavy atom. The van der Waals surface area contributed by atoms with Gasteiger partial charge >= 0.3 is 0 Å². The van der Waals surface area contributed by atoms with Crippen molar-refractivity contribution in [2.24, 2.45) is 11.8 Å². The third-order valence-corrected chi connectivity index (χ3v) is 12.8. The molecule has 0 spiro atoms. The Morgan fingerprint density at radius 2 is 0.556 bits per heavy atom. The minimum absolute atomic E-state index is 0.457. The van der Waals surface area contributed by atoms with E-state index in [4.69, 9.17) is 0 Å². The maximum absolute atomic E-state index is 2.48. The number of aryl methyl sites for hydroxylation is 2. The zero-order valence-corrected chi connectivity index (χ0v) is 36.6. The molecule has 0 saturated heterocycles. The van der Waals surface area contributed by atoms with E-state index >= 15 is 0 Å². The zero-order chi connectivity index (χ0) is 38.6. The van der Waals surface area contributed by atoms with Crippen LogP contribution in [-0.2, 0) is 12.8 Å². The van der Waals surface area contributed by atoms with Crippen molar-refractivity contribution in [3.8, 4) is 0 Å². The van der Waals surface area contributed by atoms with Gasteiger partial charge in [-0.3, -0.25) is 0 Å². The van der Waals surface area contributed by atoms with Gasteiger partial charge in [-0.2, -0.15) is 0 Å². The van der Waals surface area contributed by atoms with E-state index in [1.165, 1.54) is 200 Å². The number of rotatable bonds is 32. The molecule has 0 aliphatic carbocycles. The summed E-state index contributed by atoms with van der Waals surface area (Å²) in [5.74, 6) is 2.33. The van der Waals surface area contributed by atoms with Gasteiger partial charge in [0.25, 0.3) is 0 Å². The lowest BCUT2D eigenvalue weighted by molar-refractivity contribution is 0.481. The van der Waals surface area contributed by atoms with E-state index in [0.717, 1.165) is 0 Å². The van der Waals surface area contributed by atoms with Crippen molar-refractivity contribution in [1.82, 2.24) is 0 Å². The van der Waals surface area contributed by atoms with E-state index in [1.54, 1.807) is 0 Å². The van der Waals surface area contributed by atoms with Crippen molar-refractivity contribution in [3.63, 3.8) is 0 Å². The normalized spacial score (nSPS) is 13.9. The Labute approximate surface area is 337 Å². The van der Waals surface area contributed by atoms with E-state index in [1.807, 2.05) is 0 Å². The molecule has 54 heavy (non-hydrogen) atoms. The summed E-state index contributed by atoms with van der Waals surface area (Å²) < 4.78 is 0. The van der Waals surface area contributed by atoms with E-state index in [9.17, 15) is 0 Å². The second kappa shape index (κ2) is 29.0. The molecule has 0 fully saturated rings. The third kappa shape index (κ3) is 18.5. The number of unbranched alkanes of at least 4 members (excludes halogenated alkanes) is 18. The molecule has 4 atom stereocenters. The predicted octanol–water partition coefficient (Wildman–Crippen LogP) is 17.7. The fourth-order valence-electron chi connectivity index (χ4n) is 8.49. The van der Waals surface area contributed by atoms with E-state index in [-0.39, 0.29) is 0 Å². The highest BCUT2D eigenvalue weighted by Gasteiger charge is 2.21. The van der Waals surface area contributed by atoms with Crippen molar-refractivity contribution >= 4 is 0 Å². The van der Waals surface area contributed by atoms with Gasteiger partial charge in [0.05, 0.1) is 0 Å². The molecule has 0 nitrogen and oxygen atoms in total. The van der Waals surface area contributed by atoms with Crippen LogP contribution in [-0.4, -0.2) is 0 Å². The average molecular weight is 735 g/mol. The lowest BCUT2D eigenvalue weighted by Gasteiger charge is -2.25. The van der Waals surface area contributed by atoms with E-state index < -0.39 is 0 Å². The Balaban J connectivity index is 1.57. The van der Waals surface area contributed by atoms with Crippen molar-refractivity contribution in [1.29, 1.82) is 0 Å². The molecular weight excluding hydrogens is 649 g/mol. The van der Waals surface area contributed by atoms with Crippen LogP contribution in [0.3, 0.4) is 0 Å². The quantitative estimate of drug-likeness (QED) is 0.0560. The third-order valence-electron chi connectivity index (χ3n) is 12.8. The first kappa shape index (κ1) is 46.0. The van der Waals surface area contributed by atoms with Gasteiger partial charge in [0.1, 0.15) is 0 Å². The maximum Gasteiger partial charge on any atom is 0.00918 e. The van der Waals surface area contributed by atoms with Crippen LogP contribution in [0, 0.1) is 11.8 Å². The van der Waals surface area contributed by atoms with Gasteiger partial charge in [-0.15, -0.1) is 0 Å². The summed E-state index contributed by atoms with van der Waals surface area (Å²) in [5, 5.41) is 0. The van der Waals surface area contributed by atoms with E-state index in [2.05, 4.69) is 114 Å². The first-order valence-electron chi connectivity index (χ1n) is 23.8. The lowest BCUT2D eigenvalue weighted by atomic mass is 9.80. The summed E-state index contributed by atoms with van der Waals surface area (Å²) in [4.78, 5) is 0. The summed E-state index contributed by atoms with van der Waals surface area (Å²) >= 11 is 0. The fraction of sp³-hybridized carbons (Fsp3) is 0.667. The average Bonchev–Trinajstić information content (AvgIpc) is 3.21. The van der Waals surface area contributed by atoms with Gasteiger partial charge in [-0.25, -0.2) is 0 Å². The molecule has 3 aromatic carbocycles. The van der Waals surface area contributed by atoms with Crippen LogP contribution in [0.2, 0.25) is 0 Å². The largest absolute Gasteiger partial charge is 0.0654 e. The van der Waals surface area contributed by atoms with Crippen LogP contribution in [0.5, 0.6) is 0 Å². The summed E-state index contributed by atoms with van der Waals surface area (Å²) in [6, 6.07) is 29.5.